The Labute approximate surface area is 266 Å². The van der Waals surface area contributed by atoms with Crippen molar-refractivity contribution in [3.63, 3.8) is 0 Å². The van der Waals surface area contributed by atoms with Gasteiger partial charge in [0.1, 0.15) is 0 Å². The van der Waals surface area contributed by atoms with Gasteiger partial charge in [-0.3, -0.25) is 9.78 Å². The first-order chi connectivity index (χ1) is 19.6. The zero-order valence-electron chi connectivity index (χ0n) is 25.9. The van der Waals surface area contributed by atoms with Gasteiger partial charge in [-0.05, 0) is 48.1 Å². The molecule has 42 heavy (non-hydrogen) atoms. The maximum absolute atomic E-state index is 11.7. The monoisotopic (exact) mass is 756 g/mol. The molecule has 0 aliphatic rings. The molecule has 0 saturated carbocycles. The molecule has 4 rings (SSSR count). The van der Waals surface area contributed by atoms with Gasteiger partial charge in [0, 0.05) is 49.9 Å². The number of hydrogen-bond acceptors (Lipinski definition) is 4. The predicted molar refractivity (Wildman–Crippen MR) is 175 cm³/mol. The molecule has 3 aromatic carbocycles. The molecule has 6 heteroatoms. The van der Waals surface area contributed by atoms with Gasteiger partial charge < -0.3 is 5.11 Å². The summed E-state index contributed by atoms with van der Waals surface area (Å²) in [5, 5.41) is 25.0. The number of rotatable bonds is 9. The predicted octanol–water partition coefficient (Wildman–Crippen LogP) is 9.14. The number of benzene rings is 3. The molecule has 4 aromatic rings. The van der Waals surface area contributed by atoms with Crippen LogP contribution in [0.25, 0.3) is 32.8 Å². The summed E-state index contributed by atoms with van der Waals surface area (Å²) < 4.78 is 0. The van der Waals surface area contributed by atoms with Crippen molar-refractivity contribution in [3.05, 3.63) is 84.3 Å². The van der Waals surface area contributed by atoms with E-state index in [9.17, 15) is 15.2 Å². The number of ketones is 1. The second kappa shape index (κ2) is 15.9. The van der Waals surface area contributed by atoms with Crippen LogP contribution < -0.4 is 5.19 Å². The van der Waals surface area contributed by atoms with Crippen LogP contribution in [-0.2, 0) is 24.9 Å². The first-order valence-corrected chi connectivity index (χ1v) is 18.3. The maximum Gasteiger partial charge on any atom is 0.162 e. The van der Waals surface area contributed by atoms with E-state index in [0.717, 1.165) is 53.1 Å². The van der Waals surface area contributed by atoms with Crippen LogP contribution in [0.1, 0.15) is 58.9 Å². The summed E-state index contributed by atoms with van der Waals surface area (Å²) in [7, 11) is -1.47. The van der Waals surface area contributed by atoms with Crippen molar-refractivity contribution in [2.45, 2.75) is 73.0 Å². The minimum atomic E-state index is -1.47. The van der Waals surface area contributed by atoms with Crippen LogP contribution in [0.15, 0.2) is 72.6 Å². The second-order valence-electron chi connectivity index (χ2n) is 11.6. The van der Waals surface area contributed by atoms with E-state index in [4.69, 9.17) is 0 Å². The van der Waals surface area contributed by atoms with E-state index >= 15 is 0 Å². The molecule has 223 valence electrons. The molecule has 0 aliphatic heterocycles. The largest absolute Gasteiger partial charge is 0.512 e. The Morgan fingerprint density at radius 1 is 0.929 bits per heavy atom. The third-order valence-corrected chi connectivity index (χ3v) is 9.90. The summed E-state index contributed by atoms with van der Waals surface area (Å²) in [6.07, 6.45) is 6.78. The van der Waals surface area contributed by atoms with Crippen molar-refractivity contribution >= 4 is 40.6 Å². The molecule has 0 bridgehead atoms. The Morgan fingerprint density at radius 2 is 1.55 bits per heavy atom. The van der Waals surface area contributed by atoms with Gasteiger partial charge in [0.15, 0.2) is 5.78 Å². The molecule has 4 nitrogen and oxygen atoms in total. The number of aliphatic hydroxyl groups excluding tert-OH is 1. The standard InChI is InChI=1S/C23H19N2Si.C13H24O2.Ir/c1-26(2,3)22-10-6-9-21-20(22)11-12-25-23(21)17-13-16-7-4-5-8-19(16)18(14-17)15-24;1-5-10(6-2)12(14)9-13(15)11(7-3)8-4;/h4-12,14H,1-3H3;9-11,14H,5-8H2,1-4H3;/q-1;;/b;12-9-;. The molecule has 1 aromatic heterocycles. The molecule has 0 aliphatic carbocycles. The number of nitriles is 1. The summed E-state index contributed by atoms with van der Waals surface area (Å²) in [5.74, 6) is 0.547. The fourth-order valence-electron chi connectivity index (χ4n) is 5.31. The zero-order valence-corrected chi connectivity index (χ0v) is 29.3. The Bertz CT molecular complexity index is 1580. The van der Waals surface area contributed by atoms with E-state index in [2.05, 4.69) is 61.0 Å². The van der Waals surface area contributed by atoms with Crippen LogP contribution in [0.3, 0.4) is 0 Å². The number of hydrogen-bond donors (Lipinski definition) is 1. The van der Waals surface area contributed by atoms with Crippen LogP contribution in [0.2, 0.25) is 19.6 Å². The quantitative estimate of drug-likeness (QED) is 0.0801. The molecular weight excluding hydrogens is 713 g/mol. The van der Waals surface area contributed by atoms with E-state index < -0.39 is 8.07 Å². The Kier molecular flexibility index (Phi) is 13.3. The third kappa shape index (κ3) is 8.25. The normalized spacial score (nSPS) is 11.7. The van der Waals surface area contributed by atoms with Gasteiger partial charge in [0.25, 0.3) is 0 Å². The van der Waals surface area contributed by atoms with Gasteiger partial charge in [-0.15, -0.1) is 23.6 Å². The van der Waals surface area contributed by atoms with Crippen molar-refractivity contribution in [2.75, 3.05) is 0 Å². The fourth-order valence-corrected chi connectivity index (χ4v) is 6.93. The second-order valence-corrected chi connectivity index (χ2v) is 16.6. The summed E-state index contributed by atoms with van der Waals surface area (Å²) >= 11 is 0. The first kappa shape index (κ1) is 35.1. The van der Waals surface area contributed by atoms with Crippen molar-refractivity contribution < 1.29 is 30.0 Å². The maximum atomic E-state index is 11.7. The fraction of sp³-hybridized carbons (Fsp3) is 0.361. The molecule has 0 amide bonds. The van der Waals surface area contributed by atoms with Crippen LogP contribution >= 0.6 is 0 Å². The van der Waals surface area contributed by atoms with E-state index in [-0.39, 0.29) is 43.5 Å². The van der Waals surface area contributed by atoms with Crippen LogP contribution in [0, 0.1) is 29.2 Å². The molecule has 0 atom stereocenters. The van der Waals surface area contributed by atoms with Crippen LogP contribution in [-0.4, -0.2) is 23.9 Å². The van der Waals surface area contributed by atoms with Gasteiger partial charge in [-0.2, -0.15) is 5.26 Å². The molecule has 1 N–H and O–H groups in total. The molecule has 1 heterocycles. The van der Waals surface area contributed by atoms with Crippen LogP contribution in [0.4, 0.5) is 0 Å². The zero-order chi connectivity index (χ0) is 30.2. The number of nitrogens with zero attached hydrogens (tertiary/aromatic N) is 2. The smallest absolute Gasteiger partial charge is 0.162 e. The van der Waals surface area contributed by atoms with Crippen molar-refractivity contribution in [3.8, 4) is 17.3 Å². The van der Waals surface area contributed by atoms with E-state index in [0.29, 0.717) is 5.56 Å². The van der Waals surface area contributed by atoms with Gasteiger partial charge >= 0.3 is 0 Å². The third-order valence-electron chi connectivity index (χ3n) is 7.85. The van der Waals surface area contributed by atoms with Crippen molar-refractivity contribution in [1.82, 2.24) is 4.98 Å². The minimum Gasteiger partial charge on any atom is -0.512 e. The van der Waals surface area contributed by atoms with Crippen molar-refractivity contribution in [2.24, 2.45) is 11.8 Å². The van der Waals surface area contributed by atoms with E-state index in [1.165, 1.54) is 16.6 Å². The molecule has 1 radical (unpaired) electrons. The molecule has 0 saturated heterocycles. The Morgan fingerprint density at radius 3 is 2.14 bits per heavy atom. The van der Waals surface area contributed by atoms with Gasteiger partial charge in [-0.25, -0.2) is 0 Å². The van der Waals surface area contributed by atoms with Gasteiger partial charge in [0.2, 0.25) is 0 Å². The topological polar surface area (TPSA) is 74.0 Å². The molecular formula is C36H43IrN2O2Si-. The summed E-state index contributed by atoms with van der Waals surface area (Å²) in [6.45, 7) is 15.1. The number of aliphatic hydroxyl groups is 1. The number of allylic oxidation sites excluding steroid dienone is 2. The first-order valence-electron chi connectivity index (χ1n) is 14.8. The van der Waals surface area contributed by atoms with E-state index in [1.807, 2.05) is 64.2 Å². The summed E-state index contributed by atoms with van der Waals surface area (Å²) in [6, 6.07) is 24.2. The number of carbonyl (C=O) groups is 1. The van der Waals surface area contributed by atoms with Crippen molar-refractivity contribution in [1.29, 1.82) is 5.26 Å². The molecule has 0 fully saturated rings. The van der Waals surface area contributed by atoms with Gasteiger partial charge in [0.05, 0.1) is 19.9 Å². The number of fused-ring (bicyclic) bond motifs is 2. The van der Waals surface area contributed by atoms with Gasteiger partial charge in [-0.1, -0.05) is 99.9 Å². The number of pyridine rings is 1. The average Bonchev–Trinajstić information content (AvgIpc) is 2.97. The van der Waals surface area contributed by atoms with E-state index in [1.54, 1.807) is 0 Å². The number of carbonyl (C=O) groups excluding carboxylic acids is 1. The van der Waals surface area contributed by atoms with Crippen LogP contribution in [0.5, 0.6) is 0 Å². The summed E-state index contributed by atoms with van der Waals surface area (Å²) in [5.41, 5.74) is 2.43. The molecule has 0 unspecified atom stereocenters. The summed E-state index contributed by atoms with van der Waals surface area (Å²) in [4.78, 5) is 16.4. The SMILES string of the molecule is CCC(CC)C(=O)/C=C(\O)C(CC)CC.C[Si](C)(C)c1cccc2c(-c3[c-]c4ccccc4c(C#N)c3)nccc12.[Ir]. The number of aromatic nitrogens is 1. The minimum absolute atomic E-state index is 0. The Hall–Kier alpha value is -3.10. The molecule has 0 spiro atoms. The average molecular weight is 756 g/mol. The Balaban J connectivity index is 0.000000334.